The minimum atomic E-state index is 0. The summed E-state index contributed by atoms with van der Waals surface area (Å²) < 4.78 is 5.45. The summed E-state index contributed by atoms with van der Waals surface area (Å²) >= 11 is 0. The Hall–Kier alpha value is -1.01. The monoisotopic (exact) mass is 401 g/mol. The van der Waals surface area contributed by atoms with Crippen LogP contribution in [0.1, 0.15) is 23.2 Å². The number of halogens is 2. The molecule has 3 saturated heterocycles. The Kier molecular flexibility index (Phi) is 8.02. The van der Waals surface area contributed by atoms with Gasteiger partial charge in [-0.2, -0.15) is 0 Å². The highest BCUT2D eigenvalue weighted by Crippen LogP contribution is 2.29. The van der Waals surface area contributed by atoms with Crippen molar-refractivity contribution in [1.29, 1.82) is 0 Å². The molecule has 3 aliphatic heterocycles. The molecule has 0 aromatic heterocycles. The van der Waals surface area contributed by atoms with Gasteiger partial charge < -0.3 is 19.9 Å². The number of para-hydroxylation sites is 1. The number of benzene rings is 1. The van der Waals surface area contributed by atoms with Crippen molar-refractivity contribution in [2.45, 2.75) is 12.8 Å². The Morgan fingerprint density at radius 3 is 2.23 bits per heavy atom. The molecule has 3 aliphatic rings. The first kappa shape index (κ1) is 21.3. The van der Waals surface area contributed by atoms with Crippen molar-refractivity contribution >= 4 is 36.4 Å². The van der Waals surface area contributed by atoms with E-state index in [-0.39, 0.29) is 30.7 Å². The van der Waals surface area contributed by atoms with Gasteiger partial charge in [0.2, 0.25) is 0 Å². The number of carbonyl (C=O) groups excluding carboxylic acids is 1. The Morgan fingerprint density at radius 1 is 0.962 bits per heavy atom. The first-order chi connectivity index (χ1) is 11.8. The largest absolute Gasteiger partial charge is 0.378 e. The lowest BCUT2D eigenvalue weighted by molar-refractivity contribution is 0.0758. The number of hydrogen-bond donors (Lipinski definition) is 1. The third kappa shape index (κ3) is 4.45. The molecule has 5 nitrogen and oxygen atoms in total. The van der Waals surface area contributed by atoms with Crippen LogP contribution in [0.15, 0.2) is 24.3 Å². The molecule has 1 N–H and O–H groups in total. The zero-order valence-corrected chi connectivity index (χ0v) is 16.7. The topological polar surface area (TPSA) is 44.8 Å². The van der Waals surface area contributed by atoms with Gasteiger partial charge in [-0.15, -0.1) is 24.8 Å². The first-order valence-electron chi connectivity index (χ1n) is 9.24. The van der Waals surface area contributed by atoms with E-state index in [0.717, 1.165) is 88.4 Å². The number of nitrogens with zero attached hydrogens (tertiary/aromatic N) is 2. The van der Waals surface area contributed by atoms with Crippen molar-refractivity contribution in [2.75, 3.05) is 57.4 Å². The molecule has 4 rings (SSSR count). The van der Waals surface area contributed by atoms with E-state index in [1.54, 1.807) is 0 Å². The number of nitrogens with one attached hydrogen (secondary N) is 1. The minimum absolute atomic E-state index is 0. The third-order valence-electron chi connectivity index (χ3n) is 5.79. The maximum Gasteiger partial charge on any atom is 0.255 e. The molecular weight excluding hydrogens is 373 g/mol. The SMILES string of the molecule is Cl.Cl.O=C(c1ccccc1N1CCOCC1)N1CC[C@@H]2CNC[C@@H]2CC1. The predicted octanol–water partition coefficient (Wildman–Crippen LogP) is 2.44. The highest BCUT2D eigenvalue weighted by molar-refractivity contribution is 5.99. The Bertz CT molecular complexity index is 582. The minimum Gasteiger partial charge on any atom is -0.378 e. The predicted molar refractivity (Wildman–Crippen MR) is 109 cm³/mol. The number of ether oxygens (including phenoxy) is 1. The second-order valence-corrected chi connectivity index (χ2v) is 7.16. The van der Waals surface area contributed by atoms with Crippen LogP contribution in [0.25, 0.3) is 0 Å². The molecule has 1 amide bonds. The van der Waals surface area contributed by atoms with Crippen molar-refractivity contribution in [3.05, 3.63) is 29.8 Å². The Balaban J connectivity index is 0.00000121. The van der Waals surface area contributed by atoms with Crippen LogP contribution in [0.2, 0.25) is 0 Å². The van der Waals surface area contributed by atoms with Gasteiger partial charge in [-0.3, -0.25) is 4.79 Å². The van der Waals surface area contributed by atoms with Crippen molar-refractivity contribution < 1.29 is 9.53 Å². The zero-order valence-electron chi connectivity index (χ0n) is 15.1. The Morgan fingerprint density at radius 2 is 1.58 bits per heavy atom. The number of amides is 1. The van der Waals surface area contributed by atoms with Crippen LogP contribution in [0.3, 0.4) is 0 Å². The highest BCUT2D eigenvalue weighted by Gasteiger charge is 2.32. The van der Waals surface area contributed by atoms with Crippen molar-refractivity contribution in [3.63, 3.8) is 0 Å². The number of likely N-dealkylation sites (tertiary alicyclic amines) is 1. The molecule has 146 valence electrons. The number of hydrogen-bond acceptors (Lipinski definition) is 4. The maximum absolute atomic E-state index is 13.2. The summed E-state index contributed by atoms with van der Waals surface area (Å²) in [7, 11) is 0. The van der Waals surface area contributed by atoms with Crippen LogP contribution >= 0.6 is 24.8 Å². The second-order valence-electron chi connectivity index (χ2n) is 7.16. The quantitative estimate of drug-likeness (QED) is 0.826. The summed E-state index contributed by atoms with van der Waals surface area (Å²) in [6.07, 6.45) is 2.26. The summed E-state index contributed by atoms with van der Waals surface area (Å²) in [6.45, 7) is 7.22. The Labute approximate surface area is 168 Å². The summed E-state index contributed by atoms with van der Waals surface area (Å²) in [4.78, 5) is 17.6. The molecule has 3 heterocycles. The van der Waals surface area contributed by atoms with Crippen molar-refractivity contribution in [2.24, 2.45) is 11.8 Å². The molecule has 0 unspecified atom stereocenters. The van der Waals surface area contributed by atoms with Crippen molar-refractivity contribution in [1.82, 2.24) is 10.2 Å². The van der Waals surface area contributed by atoms with Crippen molar-refractivity contribution in [3.8, 4) is 0 Å². The van der Waals surface area contributed by atoms with Gasteiger partial charge in [0.05, 0.1) is 18.8 Å². The number of carbonyl (C=O) groups is 1. The van der Waals surface area contributed by atoms with E-state index >= 15 is 0 Å². The summed E-state index contributed by atoms with van der Waals surface area (Å²) in [5, 5.41) is 3.50. The van der Waals surface area contributed by atoms with Gasteiger partial charge in [-0.1, -0.05) is 12.1 Å². The molecule has 0 saturated carbocycles. The van der Waals surface area contributed by atoms with Crippen LogP contribution in [-0.4, -0.2) is 63.3 Å². The van der Waals surface area contributed by atoms with Crippen LogP contribution in [0.5, 0.6) is 0 Å². The van der Waals surface area contributed by atoms with Crippen LogP contribution < -0.4 is 10.2 Å². The number of fused-ring (bicyclic) bond motifs is 1. The summed E-state index contributed by atoms with van der Waals surface area (Å²) in [5.41, 5.74) is 1.92. The van der Waals surface area contributed by atoms with Crippen LogP contribution in [0.4, 0.5) is 5.69 Å². The molecule has 0 spiro atoms. The molecule has 3 fully saturated rings. The van der Waals surface area contributed by atoms with E-state index in [9.17, 15) is 4.79 Å². The zero-order chi connectivity index (χ0) is 16.4. The van der Waals surface area contributed by atoms with E-state index in [4.69, 9.17) is 4.74 Å². The van der Waals surface area contributed by atoms with E-state index in [2.05, 4.69) is 21.2 Å². The van der Waals surface area contributed by atoms with E-state index in [0.29, 0.717) is 0 Å². The highest BCUT2D eigenvalue weighted by atomic mass is 35.5. The fourth-order valence-electron chi connectivity index (χ4n) is 4.33. The molecule has 0 bridgehead atoms. The molecule has 7 heteroatoms. The fraction of sp³-hybridized carbons (Fsp3) is 0.632. The molecule has 0 aliphatic carbocycles. The van der Waals surface area contributed by atoms with E-state index < -0.39 is 0 Å². The summed E-state index contributed by atoms with van der Waals surface area (Å²) in [5.74, 6) is 1.69. The average molecular weight is 402 g/mol. The van der Waals surface area contributed by atoms with Gasteiger partial charge in [0, 0.05) is 31.9 Å². The van der Waals surface area contributed by atoms with Gasteiger partial charge in [0.1, 0.15) is 0 Å². The lowest BCUT2D eigenvalue weighted by Gasteiger charge is -2.31. The molecule has 0 radical (unpaired) electrons. The molecule has 1 aromatic rings. The molecule has 26 heavy (non-hydrogen) atoms. The van der Waals surface area contributed by atoms with Gasteiger partial charge >= 0.3 is 0 Å². The van der Waals surface area contributed by atoms with Gasteiger partial charge in [0.25, 0.3) is 5.91 Å². The standard InChI is InChI=1S/C19H27N3O2.2ClH/c23-19(22-7-5-15-13-20-14-16(15)6-8-22)17-3-1-2-4-18(17)21-9-11-24-12-10-21;;/h1-4,15-16,20H,5-14H2;2*1H/t15-,16+;;. The average Bonchev–Trinajstić information content (AvgIpc) is 3.00. The number of anilines is 1. The fourth-order valence-corrected chi connectivity index (χ4v) is 4.33. The van der Waals surface area contributed by atoms with Crippen LogP contribution in [0, 0.1) is 11.8 Å². The van der Waals surface area contributed by atoms with E-state index in [1.807, 2.05) is 18.2 Å². The van der Waals surface area contributed by atoms with Gasteiger partial charge in [-0.05, 0) is 49.9 Å². The smallest absolute Gasteiger partial charge is 0.255 e. The van der Waals surface area contributed by atoms with E-state index in [1.165, 1.54) is 0 Å². The van der Waals surface area contributed by atoms with Gasteiger partial charge in [-0.25, -0.2) is 0 Å². The summed E-state index contributed by atoms with van der Waals surface area (Å²) in [6, 6.07) is 8.07. The lowest BCUT2D eigenvalue weighted by atomic mass is 9.92. The first-order valence-corrected chi connectivity index (χ1v) is 9.24. The van der Waals surface area contributed by atoms with Crippen LogP contribution in [-0.2, 0) is 4.74 Å². The number of rotatable bonds is 2. The maximum atomic E-state index is 13.2. The molecule has 2 atom stereocenters. The normalized spacial score (nSPS) is 25.5. The van der Waals surface area contributed by atoms with Gasteiger partial charge in [0.15, 0.2) is 0 Å². The molecular formula is C19H29Cl2N3O2. The molecule has 1 aromatic carbocycles. The third-order valence-corrected chi connectivity index (χ3v) is 5.79. The second kappa shape index (κ2) is 9.79. The lowest BCUT2D eigenvalue weighted by Crippen LogP contribution is -2.39. The number of morpholine rings is 1.